The lowest BCUT2D eigenvalue weighted by atomic mass is 10.2. The summed E-state index contributed by atoms with van der Waals surface area (Å²) in [6, 6.07) is 10.6. The fourth-order valence-corrected chi connectivity index (χ4v) is 1.97. The molecule has 0 aliphatic heterocycles. The molecule has 2 aromatic rings. The molecule has 5 nitrogen and oxygen atoms in total. The number of hydrogen-bond acceptors (Lipinski definition) is 3. The zero-order chi connectivity index (χ0) is 15.9. The maximum absolute atomic E-state index is 11.8. The van der Waals surface area contributed by atoms with Crippen LogP contribution >= 0.6 is 11.6 Å². The van der Waals surface area contributed by atoms with Crippen molar-refractivity contribution in [1.82, 2.24) is 10.3 Å². The second-order valence-corrected chi connectivity index (χ2v) is 5.15. The molecule has 0 saturated heterocycles. The predicted octanol–water partition coefficient (Wildman–Crippen LogP) is 2.34. The summed E-state index contributed by atoms with van der Waals surface area (Å²) in [5.74, 6) is -1.41. The molecule has 0 spiro atoms. The molecule has 0 aliphatic rings. The van der Waals surface area contributed by atoms with Gasteiger partial charge >= 0.3 is 11.8 Å². The fraction of sp³-hybridized carbons (Fsp3) is 0.188. The molecular weight excluding hydrogens is 302 g/mol. The van der Waals surface area contributed by atoms with Gasteiger partial charge in [0.1, 0.15) is 0 Å². The molecule has 0 aliphatic carbocycles. The number of carbonyl (C=O) groups is 2. The van der Waals surface area contributed by atoms with Gasteiger partial charge in [0, 0.05) is 35.6 Å². The number of benzene rings is 1. The Morgan fingerprint density at radius 2 is 2.00 bits per heavy atom. The Labute approximate surface area is 133 Å². The Hall–Kier alpha value is -2.40. The standard InChI is InChI=1S/C16H16ClN3O2/c1-11-5-6-13(10-14(11)17)20-16(22)15(21)19-9-7-12-4-2-3-8-18-12/h2-6,8,10H,7,9H2,1H3,(H,19,21)(H,20,22). The van der Waals surface area contributed by atoms with E-state index in [1.807, 2.05) is 25.1 Å². The summed E-state index contributed by atoms with van der Waals surface area (Å²) in [4.78, 5) is 27.6. The van der Waals surface area contributed by atoms with Crippen LogP contribution in [0.5, 0.6) is 0 Å². The molecule has 0 atom stereocenters. The highest BCUT2D eigenvalue weighted by Crippen LogP contribution is 2.19. The molecule has 0 radical (unpaired) electrons. The molecule has 1 heterocycles. The third-order valence-electron chi connectivity index (χ3n) is 3.03. The summed E-state index contributed by atoms with van der Waals surface area (Å²) >= 11 is 5.97. The number of hydrogen-bond donors (Lipinski definition) is 2. The van der Waals surface area contributed by atoms with Crippen LogP contribution in [0.1, 0.15) is 11.3 Å². The Morgan fingerprint density at radius 1 is 1.18 bits per heavy atom. The second-order valence-electron chi connectivity index (χ2n) is 4.75. The van der Waals surface area contributed by atoms with Crippen molar-refractivity contribution in [1.29, 1.82) is 0 Å². The summed E-state index contributed by atoms with van der Waals surface area (Å²) < 4.78 is 0. The first kappa shape index (κ1) is 16.0. The van der Waals surface area contributed by atoms with Crippen molar-refractivity contribution in [2.75, 3.05) is 11.9 Å². The number of anilines is 1. The zero-order valence-electron chi connectivity index (χ0n) is 12.1. The van der Waals surface area contributed by atoms with Crippen LogP contribution in [0.2, 0.25) is 5.02 Å². The smallest absolute Gasteiger partial charge is 0.313 e. The first-order valence-electron chi connectivity index (χ1n) is 6.81. The molecule has 114 valence electrons. The molecule has 0 saturated carbocycles. The van der Waals surface area contributed by atoms with Gasteiger partial charge in [0.05, 0.1) is 0 Å². The van der Waals surface area contributed by atoms with Crippen molar-refractivity contribution < 1.29 is 9.59 Å². The van der Waals surface area contributed by atoms with Crippen molar-refractivity contribution in [2.24, 2.45) is 0 Å². The van der Waals surface area contributed by atoms with E-state index >= 15 is 0 Å². The molecule has 0 unspecified atom stereocenters. The van der Waals surface area contributed by atoms with Crippen LogP contribution in [0.25, 0.3) is 0 Å². The lowest BCUT2D eigenvalue weighted by Crippen LogP contribution is -2.36. The largest absolute Gasteiger partial charge is 0.347 e. The van der Waals surface area contributed by atoms with Crippen molar-refractivity contribution in [3.05, 3.63) is 58.9 Å². The van der Waals surface area contributed by atoms with Gasteiger partial charge in [0.25, 0.3) is 0 Å². The molecule has 6 heteroatoms. The van der Waals surface area contributed by atoms with Gasteiger partial charge in [0.15, 0.2) is 0 Å². The summed E-state index contributed by atoms with van der Waals surface area (Å²) in [6.45, 7) is 2.20. The third kappa shape index (κ3) is 4.56. The van der Waals surface area contributed by atoms with Crippen LogP contribution in [0.3, 0.4) is 0 Å². The second kappa shape index (κ2) is 7.56. The van der Waals surface area contributed by atoms with E-state index in [1.54, 1.807) is 24.4 Å². The maximum atomic E-state index is 11.8. The average Bonchev–Trinajstić information content (AvgIpc) is 2.52. The van der Waals surface area contributed by atoms with Crippen LogP contribution in [0.15, 0.2) is 42.6 Å². The van der Waals surface area contributed by atoms with Crippen molar-refractivity contribution >= 4 is 29.1 Å². The summed E-state index contributed by atoms with van der Waals surface area (Å²) in [6.07, 6.45) is 2.25. The van der Waals surface area contributed by atoms with Gasteiger partial charge in [-0.1, -0.05) is 23.7 Å². The van der Waals surface area contributed by atoms with E-state index in [2.05, 4.69) is 15.6 Å². The Morgan fingerprint density at radius 3 is 2.68 bits per heavy atom. The van der Waals surface area contributed by atoms with E-state index < -0.39 is 11.8 Å². The first-order chi connectivity index (χ1) is 10.6. The zero-order valence-corrected chi connectivity index (χ0v) is 12.9. The van der Waals surface area contributed by atoms with Crippen molar-refractivity contribution in [3.8, 4) is 0 Å². The highest BCUT2D eigenvalue weighted by Gasteiger charge is 2.13. The van der Waals surface area contributed by atoms with Crippen LogP contribution < -0.4 is 10.6 Å². The molecule has 22 heavy (non-hydrogen) atoms. The minimum atomic E-state index is -0.721. The van der Waals surface area contributed by atoms with Crippen LogP contribution in [0.4, 0.5) is 5.69 Å². The number of aromatic nitrogens is 1. The molecule has 1 aromatic heterocycles. The number of carbonyl (C=O) groups excluding carboxylic acids is 2. The van der Waals surface area contributed by atoms with E-state index in [4.69, 9.17) is 11.6 Å². The summed E-state index contributed by atoms with van der Waals surface area (Å²) in [7, 11) is 0. The molecule has 2 rings (SSSR count). The number of nitrogens with zero attached hydrogens (tertiary/aromatic N) is 1. The number of rotatable bonds is 4. The Kier molecular flexibility index (Phi) is 5.49. The van der Waals surface area contributed by atoms with Crippen LogP contribution in [0, 0.1) is 6.92 Å². The van der Waals surface area contributed by atoms with E-state index in [0.717, 1.165) is 11.3 Å². The third-order valence-corrected chi connectivity index (χ3v) is 3.44. The van der Waals surface area contributed by atoms with E-state index in [-0.39, 0.29) is 0 Å². The van der Waals surface area contributed by atoms with E-state index in [9.17, 15) is 9.59 Å². The molecule has 2 amide bonds. The minimum absolute atomic E-state index is 0.345. The number of pyridine rings is 1. The quantitative estimate of drug-likeness (QED) is 0.850. The number of amides is 2. The van der Waals surface area contributed by atoms with E-state index in [0.29, 0.717) is 23.7 Å². The van der Waals surface area contributed by atoms with E-state index in [1.165, 1.54) is 0 Å². The SMILES string of the molecule is Cc1ccc(NC(=O)C(=O)NCCc2ccccn2)cc1Cl. The molecule has 2 N–H and O–H groups in total. The monoisotopic (exact) mass is 317 g/mol. The number of nitrogens with one attached hydrogen (secondary N) is 2. The molecule has 0 fully saturated rings. The Balaban J connectivity index is 1.82. The first-order valence-corrected chi connectivity index (χ1v) is 7.19. The fourth-order valence-electron chi connectivity index (χ4n) is 1.79. The highest BCUT2D eigenvalue weighted by atomic mass is 35.5. The van der Waals surface area contributed by atoms with Gasteiger partial charge in [-0.3, -0.25) is 14.6 Å². The summed E-state index contributed by atoms with van der Waals surface area (Å²) in [5, 5.41) is 5.60. The average molecular weight is 318 g/mol. The Bertz CT molecular complexity index is 674. The molecule has 0 bridgehead atoms. The van der Waals surface area contributed by atoms with Crippen molar-refractivity contribution in [3.63, 3.8) is 0 Å². The molecular formula is C16H16ClN3O2. The lowest BCUT2D eigenvalue weighted by molar-refractivity contribution is -0.136. The van der Waals surface area contributed by atoms with Gasteiger partial charge in [-0.05, 0) is 36.8 Å². The predicted molar refractivity (Wildman–Crippen MR) is 85.8 cm³/mol. The maximum Gasteiger partial charge on any atom is 0.313 e. The topological polar surface area (TPSA) is 71.1 Å². The summed E-state index contributed by atoms with van der Waals surface area (Å²) in [5.41, 5.74) is 2.24. The number of aryl methyl sites for hydroxylation is 1. The van der Waals surface area contributed by atoms with Crippen LogP contribution in [-0.2, 0) is 16.0 Å². The van der Waals surface area contributed by atoms with Crippen molar-refractivity contribution in [2.45, 2.75) is 13.3 Å². The van der Waals surface area contributed by atoms with Gasteiger partial charge < -0.3 is 10.6 Å². The van der Waals surface area contributed by atoms with Gasteiger partial charge in [-0.15, -0.1) is 0 Å². The minimum Gasteiger partial charge on any atom is -0.347 e. The number of halogens is 1. The van der Waals surface area contributed by atoms with Gasteiger partial charge in [-0.2, -0.15) is 0 Å². The molecule has 1 aromatic carbocycles. The van der Waals surface area contributed by atoms with Gasteiger partial charge in [0.2, 0.25) is 0 Å². The highest BCUT2D eigenvalue weighted by molar-refractivity contribution is 6.39. The van der Waals surface area contributed by atoms with Gasteiger partial charge in [-0.25, -0.2) is 0 Å². The normalized spacial score (nSPS) is 10.1. The lowest BCUT2D eigenvalue weighted by Gasteiger charge is -2.07. The van der Waals surface area contributed by atoms with Crippen LogP contribution in [-0.4, -0.2) is 23.3 Å².